The topological polar surface area (TPSA) is 112 Å². The number of piperidine rings is 1. The molecule has 0 amide bonds. The first-order valence-corrected chi connectivity index (χ1v) is 11.7. The number of nitrogens with zero attached hydrogens (tertiary/aromatic N) is 2. The summed E-state index contributed by atoms with van der Waals surface area (Å²) in [6.07, 6.45) is 2.70. The highest BCUT2D eigenvalue weighted by Gasteiger charge is 2.28. The van der Waals surface area contributed by atoms with Gasteiger partial charge in [0.05, 0.1) is 22.0 Å². The van der Waals surface area contributed by atoms with Crippen LogP contribution in [-0.2, 0) is 20.0 Å². The summed E-state index contributed by atoms with van der Waals surface area (Å²) in [5.41, 5.74) is 1.57. The average Bonchev–Trinajstić information content (AvgIpc) is 2.96. The number of nitrogens with one attached hydrogen (secondary N) is 2. The van der Waals surface area contributed by atoms with Crippen molar-refractivity contribution in [3.63, 3.8) is 0 Å². The molecule has 0 radical (unpaired) electrons. The second kappa shape index (κ2) is 7.25. The van der Waals surface area contributed by atoms with Crippen LogP contribution < -0.4 is 4.72 Å². The van der Waals surface area contributed by atoms with E-state index in [4.69, 9.17) is 0 Å². The number of anilines is 1. The van der Waals surface area contributed by atoms with Crippen LogP contribution in [0.3, 0.4) is 0 Å². The summed E-state index contributed by atoms with van der Waals surface area (Å²) in [4.78, 5) is 0.203. The van der Waals surface area contributed by atoms with E-state index in [-0.39, 0.29) is 15.5 Å². The summed E-state index contributed by atoms with van der Waals surface area (Å²) in [6.45, 7) is 5.91. The molecule has 148 valence electrons. The summed E-state index contributed by atoms with van der Waals surface area (Å²) in [5.74, 6) is 0. The number of aryl methyl sites for hydroxylation is 3. The fraction of sp³-hybridized carbons (Fsp3) is 0.471. The first-order chi connectivity index (χ1) is 12.6. The smallest absolute Gasteiger partial charge is 0.265 e. The maximum atomic E-state index is 13.0. The summed E-state index contributed by atoms with van der Waals surface area (Å²) in [7, 11) is -7.54. The van der Waals surface area contributed by atoms with Gasteiger partial charge in [0.2, 0.25) is 10.0 Å². The van der Waals surface area contributed by atoms with E-state index in [0.717, 1.165) is 19.3 Å². The molecule has 2 aromatic rings. The normalized spacial score (nSPS) is 16.4. The summed E-state index contributed by atoms with van der Waals surface area (Å²) < 4.78 is 55.4. The van der Waals surface area contributed by atoms with Gasteiger partial charge in [-0.3, -0.25) is 9.82 Å². The second-order valence-corrected chi connectivity index (χ2v) is 10.3. The average molecular weight is 413 g/mol. The molecule has 2 N–H and O–H groups in total. The highest BCUT2D eigenvalue weighted by molar-refractivity contribution is 7.92. The van der Waals surface area contributed by atoms with Crippen molar-refractivity contribution in [1.82, 2.24) is 14.5 Å². The maximum Gasteiger partial charge on any atom is 0.265 e. The zero-order valence-corrected chi connectivity index (χ0v) is 17.2. The Hall–Kier alpha value is -1.91. The number of hydrogen-bond donors (Lipinski definition) is 2. The van der Waals surface area contributed by atoms with E-state index in [1.807, 2.05) is 0 Å². The number of sulfonamides is 2. The molecule has 1 aliphatic rings. The molecule has 1 aliphatic heterocycles. The molecule has 0 unspecified atom stereocenters. The molecule has 1 aromatic carbocycles. The number of aromatic nitrogens is 2. The molecule has 0 bridgehead atoms. The molecule has 0 spiro atoms. The largest absolute Gasteiger partial charge is 0.281 e. The lowest BCUT2D eigenvalue weighted by atomic mass is 10.2. The SMILES string of the molecule is Cc1ccc(NS(=O)(=O)c2c(C)n[nH]c2C)cc1S(=O)(=O)N1CCCCC1. The molecule has 0 saturated carbocycles. The zero-order chi connectivity index (χ0) is 19.8. The van der Waals surface area contributed by atoms with Crippen LogP contribution in [0.2, 0.25) is 0 Å². The Morgan fingerprint density at radius 2 is 1.70 bits per heavy atom. The second-order valence-electron chi connectivity index (χ2n) is 6.81. The van der Waals surface area contributed by atoms with Gasteiger partial charge in [-0.25, -0.2) is 16.8 Å². The zero-order valence-electron chi connectivity index (χ0n) is 15.6. The molecule has 10 heteroatoms. The Bertz CT molecular complexity index is 1030. The van der Waals surface area contributed by atoms with Crippen LogP contribution >= 0.6 is 0 Å². The molecule has 1 fully saturated rings. The third kappa shape index (κ3) is 3.87. The van der Waals surface area contributed by atoms with E-state index >= 15 is 0 Å². The molecule has 0 aliphatic carbocycles. The predicted octanol–water partition coefficient (Wildman–Crippen LogP) is 2.31. The number of aromatic amines is 1. The number of H-pyrrole nitrogens is 1. The van der Waals surface area contributed by atoms with E-state index in [0.29, 0.717) is 30.0 Å². The van der Waals surface area contributed by atoms with Gasteiger partial charge in [-0.15, -0.1) is 0 Å². The molecule has 1 aromatic heterocycles. The Morgan fingerprint density at radius 3 is 2.30 bits per heavy atom. The Morgan fingerprint density at radius 1 is 1.04 bits per heavy atom. The number of benzene rings is 1. The highest BCUT2D eigenvalue weighted by atomic mass is 32.2. The molecule has 27 heavy (non-hydrogen) atoms. The molecule has 0 atom stereocenters. The van der Waals surface area contributed by atoms with Crippen LogP contribution in [0.4, 0.5) is 5.69 Å². The summed E-state index contributed by atoms with van der Waals surface area (Å²) >= 11 is 0. The Balaban J connectivity index is 1.96. The molecular formula is C17H24N4O4S2. The maximum absolute atomic E-state index is 13.0. The third-order valence-electron chi connectivity index (χ3n) is 4.70. The van der Waals surface area contributed by atoms with Crippen LogP contribution in [0.15, 0.2) is 28.0 Å². The first kappa shape index (κ1) is 19.8. The standard InChI is InChI=1S/C17H24N4O4S2/c1-12-7-8-15(20-26(22,23)17-13(2)18-19-14(17)3)11-16(12)27(24,25)21-9-5-4-6-10-21/h7-8,11,20H,4-6,9-10H2,1-3H3,(H,18,19). The van der Waals surface area contributed by atoms with E-state index in [1.165, 1.54) is 10.4 Å². The van der Waals surface area contributed by atoms with Crippen LogP contribution in [0.1, 0.15) is 36.2 Å². The lowest BCUT2D eigenvalue weighted by molar-refractivity contribution is 0.346. The van der Waals surface area contributed by atoms with Crippen molar-refractivity contribution in [3.05, 3.63) is 35.2 Å². The van der Waals surface area contributed by atoms with Crippen molar-refractivity contribution in [2.75, 3.05) is 17.8 Å². The molecule has 3 rings (SSSR count). The van der Waals surface area contributed by atoms with Gasteiger partial charge in [-0.1, -0.05) is 12.5 Å². The molecule has 1 saturated heterocycles. The van der Waals surface area contributed by atoms with Crippen molar-refractivity contribution in [2.45, 2.75) is 49.8 Å². The van der Waals surface area contributed by atoms with E-state index in [9.17, 15) is 16.8 Å². The Labute approximate surface area is 160 Å². The first-order valence-electron chi connectivity index (χ1n) is 8.78. The van der Waals surface area contributed by atoms with Crippen molar-refractivity contribution >= 4 is 25.7 Å². The highest BCUT2D eigenvalue weighted by Crippen LogP contribution is 2.28. The predicted molar refractivity (Wildman–Crippen MR) is 103 cm³/mol. The summed E-state index contributed by atoms with van der Waals surface area (Å²) in [5, 5.41) is 6.55. The fourth-order valence-corrected chi connectivity index (χ4v) is 6.52. The Kier molecular flexibility index (Phi) is 5.33. The van der Waals surface area contributed by atoms with Crippen molar-refractivity contribution in [2.24, 2.45) is 0 Å². The minimum absolute atomic E-state index is 0.0727. The van der Waals surface area contributed by atoms with Gasteiger partial charge in [0.1, 0.15) is 4.90 Å². The van der Waals surface area contributed by atoms with Crippen LogP contribution in [-0.4, -0.2) is 44.4 Å². The monoisotopic (exact) mass is 412 g/mol. The summed E-state index contributed by atoms with van der Waals surface area (Å²) in [6, 6.07) is 4.57. The fourth-order valence-electron chi connectivity index (χ4n) is 3.33. The lowest BCUT2D eigenvalue weighted by Gasteiger charge is -2.26. The molecular weight excluding hydrogens is 388 g/mol. The van der Waals surface area contributed by atoms with Crippen LogP contribution in [0, 0.1) is 20.8 Å². The number of rotatable bonds is 5. The van der Waals surface area contributed by atoms with Gasteiger partial charge in [0, 0.05) is 13.1 Å². The van der Waals surface area contributed by atoms with Crippen LogP contribution in [0.5, 0.6) is 0 Å². The van der Waals surface area contributed by atoms with Crippen molar-refractivity contribution < 1.29 is 16.8 Å². The van der Waals surface area contributed by atoms with E-state index < -0.39 is 20.0 Å². The van der Waals surface area contributed by atoms with Gasteiger partial charge in [-0.05, 0) is 51.3 Å². The van der Waals surface area contributed by atoms with E-state index in [2.05, 4.69) is 14.9 Å². The minimum Gasteiger partial charge on any atom is -0.281 e. The van der Waals surface area contributed by atoms with E-state index in [1.54, 1.807) is 32.9 Å². The van der Waals surface area contributed by atoms with Gasteiger partial charge in [0.25, 0.3) is 10.0 Å². The van der Waals surface area contributed by atoms with Gasteiger partial charge in [-0.2, -0.15) is 9.40 Å². The van der Waals surface area contributed by atoms with Crippen molar-refractivity contribution in [3.8, 4) is 0 Å². The van der Waals surface area contributed by atoms with Gasteiger partial charge < -0.3 is 0 Å². The third-order valence-corrected chi connectivity index (χ3v) is 8.39. The minimum atomic E-state index is -3.88. The van der Waals surface area contributed by atoms with Crippen molar-refractivity contribution in [1.29, 1.82) is 0 Å². The molecule has 8 nitrogen and oxygen atoms in total. The molecule has 2 heterocycles. The quantitative estimate of drug-likeness (QED) is 0.783. The number of hydrogen-bond acceptors (Lipinski definition) is 5. The van der Waals surface area contributed by atoms with Gasteiger partial charge >= 0.3 is 0 Å². The van der Waals surface area contributed by atoms with Gasteiger partial charge in [0.15, 0.2) is 0 Å². The van der Waals surface area contributed by atoms with Crippen LogP contribution in [0.25, 0.3) is 0 Å². The lowest BCUT2D eigenvalue weighted by Crippen LogP contribution is -2.36.